The van der Waals surface area contributed by atoms with Crippen molar-refractivity contribution in [2.45, 2.75) is 11.7 Å². The first-order chi connectivity index (χ1) is 14.9. The molecule has 0 aliphatic heterocycles. The standard InChI is InChI=1S/C22H22ClN5O2S/c1-4-12-28-20(15-8-10-17(23)11-9-15)25-26-22(28)31-14-19(29)24-18-7-5-6-16(13-18)21(30)27(2)3/h4-11,13H,1,12,14H2,2-3H3,(H,24,29). The van der Waals surface area contributed by atoms with E-state index in [9.17, 15) is 9.59 Å². The van der Waals surface area contributed by atoms with Crippen molar-refractivity contribution < 1.29 is 9.59 Å². The summed E-state index contributed by atoms with van der Waals surface area (Å²) in [6.07, 6.45) is 1.75. The predicted octanol–water partition coefficient (Wildman–Crippen LogP) is 4.22. The zero-order valence-corrected chi connectivity index (χ0v) is 18.8. The van der Waals surface area contributed by atoms with Crippen molar-refractivity contribution in [1.82, 2.24) is 19.7 Å². The van der Waals surface area contributed by atoms with Gasteiger partial charge in [0.1, 0.15) is 0 Å². The third kappa shape index (κ3) is 5.74. The van der Waals surface area contributed by atoms with E-state index in [1.165, 1.54) is 16.7 Å². The number of nitrogens with zero attached hydrogens (tertiary/aromatic N) is 4. The van der Waals surface area contributed by atoms with Crippen molar-refractivity contribution in [2.75, 3.05) is 25.2 Å². The van der Waals surface area contributed by atoms with E-state index >= 15 is 0 Å². The molecule has 1 heterocycles. The summed E-state index contributed by atoms with van der Waals surface area (Å²) in [4.78, 5) is 26.1. The molecule has 0 spiro atoms. The molecule has 2 aromatic carbocycles. The fourth-order valence-corrected chi connectivity index (χ4v) is 3.69. The molecule has 1 aromatic heterocycles. The van der Waals surface area contributed by atoms with Crippen LogP contribution in [0.3, 0.4) is 0 Å². The van der Waals surface area contributed by atoms with Gasteiger partial charge in [-0.05, 0) is 42.5 Å². The van der Waals surface area contributed by atoms with Crippen LogP contribution in [0.2, 0.25) is 5.02 Å². The second kappa shape index (κ2) is 10.3. The number of halogens is 1. The van der Waals surface area contributed by atoms with Crippen molar-refractivity contribution in [3.8, 4) is 11.4 Å². The molecule has 2 amide bonds. The van der Waals surface area contributed by atoms with Crippen LogP contribution in [0.4, 0.5) is 5.69 Å². The van der Waals surface area contributed by atoms with Crippen LogP contribution in [0.5, 0.6) is 0 Å². The van der Waals surface area contributed by atoms with E-state index < -0.39 is 0 Å². The minimum atomic E-state index is -0.208. The number of hydrogen-bond donors (Lipinski definition) is 1. The molecule has 0 aliphatic rings. The SMILES string of the molecule is C=CCn1c(SCC(=O)Nc2cccc(C(=O)N(C)C)c2)nnc1-c1ccc(Cl)cc1. The van der Waals surface area contributed by atoms with Crippen LogP contribution < -0.4 is 5.32 Å². The molecule has 0 radical (unpaired) electrons. The van der Waals surface area contributed by atoms with Crippen LogP contribution in [0, 0.1) is 0 Å². The quantitative estimate of drug-likeness (QED) is 0.406. The fourth-order valence-electron chi connectivity index (χ4n) is 2.82. The number of allylic oxidation sites excluding steroid dienone is 1. The van der Waals surface area contributed by atoms with Gasteiger partial charge in [-0.25, -0.2) is 0 Å². The fraction of sp³-hybridized carbons (Fsp3) is 0.182. The molecule has 0 bridgehead atoms. The molecule has 3 aromatic rings. The molecule has 9 heteroatoms. The lowest BCUT2D eigenvalue weighted by atomic mass is 10.2. The molecule has 3 rings (SSSR count). The molecule has 0 atom stereocenters. The Morgan fingerprint density at radius 2 is 1.94 bits per heavy atom. The average Bonchev–Trinajstić information content (AvgIpc) is 3.15. The Labute approximate surface area is 190 Å². The lowest BCUT2D eigenvalue weighted by Gasteiger charge is -2.12. The molecule has 0 saturated heterocycles. The van der Waals surface area contributed by atoms with Crippen LogP contribution in [-0.4, -0.2) is 51.3 Å². The van der Waals surface area contributed by atoms with Crippen LogP contribution in [0.25, 0.3) is 11.4 Å². The number of thioether (sulfide) groups is 1. The van der Waals surface area contributed by atoms with E-state index in [4.69, 9.17) is 11.6 Å². The van der Waals surface area contributed by atoms with Crippen molar-refractivity contribution >= 4 is 40.9 Å². The van der Waals surface area contributed by atoms with E-state index in [0.717, 1.165) is 5.56 Å². The summed E-state index contributed by atoms with van der Waals surface area (Å²) in [5.74, 6) is 0.481. The Morgan fingerprint density at radius 1 is 1.19 bits per heavy atom. The number of hydrogen-bond acceptors (Lipinski definition) is 5. The summed E-state index contributed by atoms with van der Waals surface area (Å²) in [5, 5.41) is 12.6. The number of anilines is 1. The second-order valence-electron chi connectivity index (χ2n) is 6.83. The van der Waals surface area contributed by atoms with E-state index in [1.807, 2.05) is 16.7 Å². The Kier molecular flexibility index (Phi) is 7.49. The maximum atomic E-state index is 12.5. The third-order valence-electron chi connectivity index (χ3n) is 4.26. The van der Waals surface area contributed by atoms with E-state index in [2.05, 4.69) is 22.1 Å². The molecule has 0 saturated carbocycles. The number of benzene rings is 2. The predicted molar refractivity (Wildman–Crippen MR) is 124 cm³/mol. The number of nitrogens with one attached hydrogen (secondary N) is 1. The van der Waals surface area contributed by atoms with Gasteiger partial charge in [-0.2, -0.15) is 0 Å². The number of amides is 2. The largest absolute Gasteiger partial charge is 0.345 e. The van der Waals surface area contributed by atoms with Crippen molar-refractivity contribution in [1.29, 1.82) is 0 Å². The highest BCUT2D eigenvalue weighted by Crippen LogP contribution is 2.25. The Bertz CT molecular complexity index is 1100. The van der Waals surface area contributed by atoms with E-state index in [0.29, 0.717) is 33.8 Å². The van der Waals surface area contributed by atoms with Gasteiger partial charge in [0.2, 0.25) is 5.91 Å². The van der Waals surface area contributed by atoms with Gasteiger partial charge in [-0.3, -0.25) is 14.2 Å². The molecule has 160 valence electrons. The Morgan fingerprint density at radius 3 is 2.61 bits per heavy atom. The monoisotopic (exact) mass is 455 g/mol. The second-order valence-corrected chi connectivity index (χ2v) is 8.21. The highest BCUT2D eigenvalue weighted by Gasteiger charge is 2.15. The maximum Gasteiger partial charge on any atom is 0.253 e. The third-order valence-corrected chi connectivity index (χ3v) is 5.48. The van der Waals surface area contributed by atoms with E-state index in [-0.39, 0.29) is 17.6 Å². The molecule has 0 fully saturated rings. The van der Waals surface area contributed by atoms with Gasteiger partial charge < -0.3 is 10.2 Å². The minimum Gasteiger partial charge on any atom is -0.345 e. The highest BCUT2D eigenvalue weighted by molar-refractivity contribution is 7.99. The van der Waals surface area contributed by atoms with Gasteiger partial charge in [0.25, 0.3) is 5.91 Å². The van der Waals surface area contributed by atoms with Gasteiger partial charge in [-0.1, -0.05) is 35.5 Å². The first-order valence-corrected chi connectivity index (χ1v) is 10.8. The highest BCUT2D eigenvalue weighted by atomic mass is 35.5. The van der Waals surface area contributed by atoms with Crippen LogP contribution >= 0.6 is 23.4 Å². The Hall–Kier alpha value is -3.10. The topological polar surface area (TPSA) is 80.1 Å². The summed E-state index contributed by atoms with van der Waals surface area (Å²) in [7, 11) is 3.36. The van der Waals surface area contributed by atoms with Crippen LogP contribution in [0.1, 0.15) is 10.4 Å². The summed E-state index contributed by atoms with van der Waals surface area (Å²) < 4.78 is 1.89. The molecule has 0 aliphatic carbocycles. The van der Waals surface area contributed by atoms with Crippen LogP contribution in [0.15, 0.2) is 66.3 Å². The van der Waals surface area contributed by atoms with Crippen molar-refractivity contribution in [2.24, 2.45) is 0 Å². The van der Waals surface area contributed by atoms with Gasteiger partial charge in [-0.15, -0.1) is 16.8 Å². The molecule has 1 N–H and O–H groups in total. The average molecular weight is 456 g/mol. The van der Waals surface area contributed by atoms with E-state index in [1.54, 1.807) is 56.6 Å². The first kappa shape index (κ1) is 22.6. The normalized spacial score (nSPS) is 10.5. The molecular weight excluding hydrogens is 434 g/mol. The lowest BCUT2D eigenvalue weighted by molar-refractivity contribution is -0.113. The molecule has 7 nitrogen and oxygen atoms in total. The zero-order valence-electron chi connectivity index (χ0n) is 17.2. The van der Waals surface area contributed by atoms with Gasteiger partial charge in [0.05, 0.1) is 5.75 Å². The summed E-state index contributed by atoms with van der Waals surface area (Å²) in [6.45, 7) is 4.30. The first-order valence-electron chi connectivity index (χ1n) is 9.43. The summed E-state index contributed by atoms with van der Waals surface area (Å²) in [6, 6.07) is 14.2. The molecule has 0 unspecified atom stereocenters. The molecular formula is C22H22ClN5O2S. The van der Waals surface area contributed by atoms with Gasteiger partial charge in [0.15, 0.2) is 11.0 Å². The molecule has 31 heavy (non-hydrogen) atoms. The number of carbonyl (C=O) groups excluding carboxylic acids is 2. The lowest BCUT2D eigenvalue weighted by Crippen LogP contribution is -2.22. The van der Waals surface area contributed by atoms with Crippen LogP contribution in [-0.2, 0) is 11.3 Å². The maximum absolute atomic E-state index is 12.5. The number of rotatable bonds is 8. The van der Waals surface area contributed by atoms with Gasteiger partial charge >= 0.3 is 0 Å². The summed E-state index contributed by atoms with van der Waals surface area (Å²) in [5.41, 5.74) is 1.94. The van der Waals surface area contributed by atoms with Gasteiger partial charge in [0, 0.05) is 42.5 Å². The minimum absolute atomic E-state index is 0.127. The number of aromatic nitrogens is 3. The Balaban J connectivity index is 1.69. The van der Waals surface area contributed by atoms with Crippen molar-refractivity contribution in [3.63, 3.8) is 0 Å². The summed E-state index contributed by atoms with van der Waals surface area (Å²) >= 11 is 7.25. The number of carbonyl (C=O) groups is 2. The smallest absolute Gasteiger partial charge is 0.253 e. The zero-order chi connectivity index (χ0) is 22.4. The van der Waals surface area contributed by atoms with Crippen molar-refractivity contribution in [3.05, 3.63) is 71.8 Å².